The number of anilines is 1. The molecule has 0 spiro atoms. The number of carbonyl (C=O) groups excluding carboxylic acids is 1. The first-order valence-electron chi connectivity index (χ1n) is 8.88. The highest BCUT2D eigenvalue weighted by Gasteiger charge is 2.28. The monoisotopic (exact) mass is 424 g/mol. The molecule has 0 fully saturated rings. The Hall–Kier alpha value is -2.25. The Morgan fingerprint density at radius 3 is 2.43 bits per heavy atom. The van der Waals surface area contributed by atoms with Crippen LogP contribution in [0.2, 0.25) is 5.02 Å². The topological polar surface area (TPSA) is 75.7 Å². The maximum atomic E-state index is 12.5. The third kappa shape index (κ3) is 5.87. The average Bonchev–Trinajstić information content (AvgIpc) is 2.66. The fraction of sp³-hybridized carbons (Fsp3) is 0.350. The van der Waals surface area contributed by atoms with Gasteiger partial charge in [-0.1, -0.05) is 29.8 Å². The molecule has 8 heteroatoms. The standard InChI is InChI=1S/C20H25ClN2O4S/c1-15(23(28(3,25)26)18-12-10-17(21)11-13-18)20(24)22-14-6-8-16-7-4-5-9-19(16)27-2/h4-5,7,9-13,15H,6,8,14H2,1-3H3,(H,22,24)/t15-/m1/s1. The molecule has 6 nitrogen and oxygen atoms in total. The van der Waals surface area contributed by atoms with Crippen LogP contribution in [-0.2, 0) is 21.2 Å². The van der Waals surface area contributed by atoms with Crippen LogP contribution in [0.3, 0.4) is 0 Å². The van der Waals surface area contributed by atoms with E-state index in [1.165, 1.54) is 0 Å². The van der Waals surface area contributed by atoms with E-state index in [0.717, 1.165) is 28.3 Å². The summed E-state index contributed by atoms with van der Waals surface area (Å²) in [6, 6.07) is 13.2. The number of amides is 1. The van der Waals surface area contributed by atoms with Gasteiger partial charge in [-0.3, -0.25) is 9.10 Å². The summed E-state index contributed by atoms with van der Waals surface area (Å²) in [7, 11) is -2.02. The van der Waals surface area contributed by atoms with E-state index in [-0.39, 0.29) is 5.91 Å². The summed E-state index contributed by atoms with van der Waals surface area (Å²) < 4.78 is 30.9. The van der Waals surface area contributed by atoms with Crippen LogP contribution in [-0.4, -0.2) is 40.3 Å². The predicted octanol–water partition coefficient (Wildman–Crippen LogP) is 3.25. The smallest absolute Gasteiger partial charge is 0.243 e. The van der Waals surface area contributed by atoms with Crippen molar-refractivity contribution in [1.29, 1.82) is 0 Å². The zero-order valence-electron chi connectivity index (χ0n) is 16.2. The van der Waals surface area contributed by atoms with Crippen LogP contribution in [0.25, 0.3) is 0 Å². The van der Waals surface area contributed by atoms with Gasteiger partial charge in [0.25, 0.3) is 0 Å². The van der Waals surface area contributed by atoms with Crippen molar-refractivity contribution >= 4 is 33.2 Å². The van der Waals surface area contributed by atoms with Crippen molar-refractivity contribution in [2.45, 2.75) is 25.8 Å². The minimum atomic E-state index is -3.64. The van der Waals surface area contributed by atoms with Crippen molar-refractivity contribution in [2.24, 2.45) is 0 Å². The van der Waals surface area contributed by atoms with Gasteiger partial charge >= 0.3 is 0 Å². The lowest BCUT2D eigenvalue weighted by molar-refractivity contribution is -0.121. The number of hydrogen-bond donors (Lipinski definition) is 1. The normalized spacial score (nSPS) is 12.3. The number of carbonyl (C=O) groups is 1. The molecule has 2 aromatic rings. The van der Waals surface area contributed by atoms with Gasteiger partial charge in [-0.15, -0.1) is 0 Å². The van der Waals surface area contributed by atoms with Gasteiger partial charge in [0, 0.05) is 11.6 Å². The van der Waals surface area contributed by atoms with Crippen LogP contribution in [0.5, 0.6) is 5.75 Å². The van der Waals surface area contributed by atoms with E-state index < -0.39 is 16.1 Å². The fourth-order valence-corrected chi connectivity index (χ4v) is 4.25. The number of aryl methyl sites for hydroxylation is 1. The second kappa shape index (κ2) is 9.80. The van der Waals surface area contributed by atoms with Crippen molar-refractivity contribution in [3.63, 3.8) is 0 Å². The Morgan fingerprint density at radius 2 is 1.82 bits per heavy atom. The highest BCUT2D eigenvalue weighted by atomic mass is 35.5. The number of benzene rings is 2. The summed E-state index contributed by atoms with van der Waals surface area (Å²) in [4.78, 5) is 12.5. The molecule has 0 bridgehead atoms. The summed E-state index contributed by atoms with van der Waals surface area (Å²) in [6.07, 6.45) is 2.53. The molecule has 1 atom stereocenters. The number of hydrogen-bond acceptors (Lipinski definition) is 4. The van der Waals surface area contributed by atoms with Crippen molar-refractivity contribution < 1.29 is 17.9 Å². The van der Waals surface area contributed by atoms with Gasteiger partial charge in [0.1, 0.15) is 11.8 Å². The summed E-state index contributed by atoms with van der Waals surface area (Å²) in [5, 5.41) is 3.30. The highest BCUT2D eigenvalue weighted by molar-refractivity contribution is 7.92. The minimum absolute atomic E-state index is 0.361. The van der Waals surface area contributed by atoms with Gasteiger partial charge in [0.2, 0.25) is 15.9 Å². The molecule has 0 aromatic heterocycles. The van der Waals surface area contributed by atoms with Crippen LogP contribution in [0.15, 0.2) is 48.5 Å². The third-order valence-corrected chi connectivity index (χ3v) is 5.78. The van der Waals surface area contributed by atoms with E-state index in [9.17, 15) is 13.2 Å². The first-order valence-corrected chi connectivity index (χ1v) is 11.1. The Kier molecular flexibility index (Phi) is 7.71. The van der Waals surface area contributed by atoms with Crippen LogP contribution in [0.1, 0.15) is 18.9 Å². The molecular formula is C20H25ClN2O4S. The molecule has 0 heterocycles. The Bertz CT molecular complexity index is 901. The number of para-hydroxylation sites is 1. The molecule has 1 amide bonds. The molecule has 0 saturated heterocycles. The van der Waals surface area contributed by atoms with E-state index in [0.29, 0.717) is 23.7 Å². The van der Waals surface area contributed by atoms with Crippen molar-refractivity contribution in [3.05, 3.63) is 59.1 Å². The lowest BCUT2D eigenvalue weighted by Crippen LogP contribution is -2.48. The quantitative estimate of drug-likeness (QED) is 0.627. The molecule has 0 aliphatic carbocycles. The van der Waals surface area contributed by atoms with Gasteiger partial charge in [0.15, 0.2) is 0 Å². The van der Waals surface area contributed by atoms with Crippen LogP contribution in [0.4, 0.5) is 5.69 Å². The SMILES string of the molecule is COc1ccccc1CCCNC(=O)[C@@H](C)N(c1ccc(Cl)cc1)S(C)(=O)=O. The maximum Gasteiger partial charge on any atom is 0.243 e. The average molecular weight is 425 g/mol. The first kappa shape index (κ1) is 22.0. The number of nitrogens with one attached hydrogen (secondary N) is 1. The van der Waals surface area contributed by atoms with Gasteiger partial charge in [0.05, 0.1) is 19.1 Å². The molecule has 0 aliphatic heterocycles. The van der Waals surface area contributed by atoms with E-state index in [4.69, 9.17) is 16.3 Å². The molecule has 0 radical (unpaired) electrons. The Balaban J connectivity index is 1.98. The number of halogens is 1. The molecule has 1 N–H and O–H groups in total. The van der Waals surface area contributed by atoms with Crippen molar-refractivity contribution in [2.75, 3.05) is 24.2 Å². The lowest BCUT2D eigenvalue weighted by atomic mass is 10.1. The second-order valence-corrected chi connectivity index (χ2v) is 8.71. The lowest BCUT2D eigenvalue weighted by Gasteiger charge is -2.28. The molecule has 2 rings (SSSR count). The largest absolute Gasteiger partial charge is 0.496 e. The fourth-order valence-electron chi connectivity index (χ4n) is 2.94. The number of methoxy groups -OCH3 is 1. The maximum absolute atomic E-state index is 12.5. The van der Waals surface area contributed by atoms with E-state index >= 15 is 0 Å². The number of ether oxygens (including phenoxy) is 1. The van der Waals surface area contributed by atoms with E-state index in [1.807, 2.05) is 24.3 Å². The van der Waals surface area contributed by atoms with E-state index in [1.54, 1.807) is 38.3 Å². The summed E-state index contributed by atoms with van der Waals surface area (Å²) >= 11 is 5.87. The zero-order valence-corrected chi connectivity index (χ0v) is 17.8. The Morgan fingerprint density at radius 1 is 1.18 bits per heavy atom. The van der Waals surface area contributed by atoms with Crippen LogP contribution in [0, 0.1) is 0 Å². The zero-order chi connectivity index (χ0) is 20.7. The molecular weight excluding hydrogens is 400 g/mol. The molecule has 0 unspecified atom stereocenters. The summed E-state index contributed by atoms with van der Waals surface area (Å²) in [6.45, 7) is 1.99. The Labute approximate surface area is 171 Å². The number of nitrogens with zero attached hydrogens (tertiary/aromatic N) is 1. The third-order valence-electron chi connectivity index (χ3n) is 4.28. The molecule has 0 aliphatic rings. The molecule has 0 saturated carbocycles. The van der Waals surface area contributed by atoms with Gasteiger partial charge in [-0.2, -0.15) is 0 Å². The number of rotatable bonds is 9. The van der Waals surface area contributed by atoms with Gasteiger partial charge in [-0.25, -0.2) is 8.42 Å². The van der Waals surface area contributed by atoms with Gasteiger partial charge in [-0.05, 0) is 55.7 Å². The minimum Gasteiger partial charge on any atom is -0.496 e. The molecule has 152 valence electrons. The summed E-state index contributed by atoms with van der Waals surface area (Å²) in [5.74, 6) is 0.452. The summed E-state index contributed by atoms with van der Waals surface area (Å²) in [5.41, 5.74) is 1.45. The van der Waals surface area contributed by atoms with Gasteiger partial charge < -0.3 is 10.1 Å². The molecule has 28 heavy (non-hydrogen) atoms. The predicted molar refractivity (Wildman–Crippen MR) is 113 cm³/mol. The van der Waals surface area contributed by atoms with Crippen LogP contribution >= 0.6 is 11.6 Å². The number of sulfonamides is 1. The highest BCUT2D eigenvalue weighted by Crippen LogP contribution is 2.23. The van der Waals surface area contributed by atoms with Crippen molar-refractivity contribution in [3.8, 4) is 5.75 Å². The van der Waals surface area contributed by atoms with E-state index in [2.05, 4.69) is 5.32 Å². The second-order valence-electron chi connectivity index (χ2n) is 6.42. The first-order chi connectivity index (χ1) is 13.2. The van der Waals surface area contributed by atoms with Crippen molar-refractivity contribution in [1.82, 2.24) is 5.32 Å². The molecule has 2 aromatic carbocycles. The van der Waals surface area contributed by atoms with Crippen LogP contribution < -0.4 is 14.4 Å².